The smallest absolute Gasteiger partial charge is 0.261 e. The molecule has 2 amide bonds. The maximum Gasteiger partial charge on any atom is 0.261 e. The summed E-state index contributed by atoms with van der Waals surface area (Å²) in [6, 6.07) is 13.4. The number of fused-ring (bicyclic) bond motifs is 1. The van der Waals surface area contributed by atoms with Crippen molar-refractivity contribution in [3.63, 3.8) is 0 Å². The first-order chi connectivity index (χ1) is 15.5. The number of nitrogens with one attached hydrogen (secondary N) is 1. The zero-order chi connectivity index (χ0) is 22.2. The van der Waals surface area contributed by atoms with E-state index in [1.54, 1.807) is 42.2 Å². The minimum atomic E-state index is -0.418. The maximum atomic E-state index is 14.1. The monoisotopic (exact) mass is 430 g/mol. The number of hydrogen-bond donors (Lipinski definition) is 1. The molecule has 0 atom stereocenters. The Hall–Kier alpha value is -4.20. The van der Waals surface area contributed by atoms with Gasteiger partial charge in [0.25, 0.3) is 11.8 Å². The maximum absolute atomic E-state index is 14.1. The summed E-state index contributed by atoms with van der Waals surface area (Å²) in [5.74, 6) is -0.876. The highest BCUT2D eigenvalue weighted by Gasteiger charge is 2.26. The molecule has 0 saturated carbocycles. The lowest BCUT2D eigenvalue weighted by molar-refractivity contribution is 0.0987. The van der Waals surface area contributed by atoms with E-state index in [9.17, 15) is 14.0 Å². The Labute approximate surface area is 183 Å². The number of furan rings is 1. The largest absolute Gasteiger partial charge is 0.472 e. The van der Waals surface area contributed by atoms with Gasteiger partial charge in [-0.2, -0.15) is 5.10 Å². The molecular formula is C24H19FN4O3. The van der Waals surface area contributed by atoms with Gasteiger partial charge in [-0.05, 0) is 55.3 Å². The van der Waals surface area contributed by atoms with Crippen LogP contribution in [0.3, 0.4) is 0 Å². The number of amides is 2. The number of hydrogen-bond acceptors (Lipinski definition) is 4. The molecule has 0 radical (unpaired) electrons. The quantitative estimate of drug-likeness (QED) is 0.521. The van der Waals surface area contributed by atoms with Gasteiger partial charge in [0.1, 0.15) is 17.8 Å². The van der Waals surface area contributed by atoms with Crippen molar-refractivity contribution in [1.82, 2.24) is 9.78 Å². The van der Waals surface area contributed by atoms with Crippen molar-refractivity contribution in [3.05, 3.63) is 95.5 Å². The summed E-state index contributed by atoms with van der Waals surface area (Å²) in [6.07, 6.45) is 5.01. The normalized spacial score (nSPS) is 12.6. The van der Waals surface area contributed by atoms with Crippen molar-refractivity contribution in [2.75, 3.05) is 16.8 Å². The first kappa shape index (κ1) is 19.7. The molecular weight excluding hydrogens is 411 g/mol. The van der Waals surface area contributed by atoms with Gasteiger partial charge >= 0.3 is 0 Å². The summed E-state index contributed by atoms with van der Waals surface area (Å²) >= 11 is 0. The van der Waals surface area contributed by atoms with Gasteiger partial charge in [0.05, 0.1) is 29.3 Å². The molecule has 3 heterocycles. The summed E-state index contributed by atoms with van der Waals surface area (Å²) in [6.45, 7) is 2.28. The van der Waals surface area contributed by atoms with Crippen LogP contribution in [0, 0.1) is 12.7 Å². The van der Waals surface area contributed by atoms with E-state index < -0.39 is 5.82 Å². The number of rotatable bonds is 4. The summed E-state index contributed by atoms with van der Waals surface area (Å²) in [5, 5.41) is 7.06. The Morgan fingerprint density at radius 1 is 1.12 bits per heavy atom. The Morgan fingerprint density at radius 3 is 2.75 bits per heavy atom. The summed E-state index contributed by atoms with van der Waals surface area (Å²) in [4.78, 5) is 27.2. The van der Waals surface area contributed by atoms with E-state index in [1.807, 2.05) is 12.1 Å². The number of halogens is 1. The lowest BCUT2D eigenvalue weighted by atomic mass is 10.1. The van der Waals surface area contributed by atoms with Crippen LogP contribution in [-0.2, 0) is 6.42 Å². The Kier molecular flexibility index (Phi) is 4.82. The van der Waals surface area contributed by atoms with Crippen molar-refractivity contribution < 1.29 is 18.4 Å². The molecule has 160 valence electrons. The van der Waals surface area contributed by atoms with Crippen molar-refractivity contribution >= 4 is 23.2 Å². The van der Waals surface area contributed by atoms with Gasteiger partial charge in [-0.15, -0.1) is 0 Å². The molecule has 0 aliphatic carbocycles. The van der Waals surface area contributed by atoms with Gasteiger partial charge in [0.15, 0.2) is 0 Å². The van der Waals surface area contributed by atoms with Crippen LogP contribution >= 0.6 is 0 Å². The highest BCUT2D eigenvalue weighted by molar-refractivity contribution is 6.08. The first-order valence-corrected chi connectivity index (χ1v) is 10.1. The fraction of sp³-hybridized carbons (Fsp3) is 0.125. The fourth-order valence-electron chi connectivity index (χ4n) is 3.93. The van der Waals surface area contributed by atoms with Crippen LogP contribution in [0.4, 0.5) is 15.8 Å². The van der Waals surface area contributed by atoms with Crippen LogP contribution in [0.1, 0.15) is 32.0 Å². The zero-order valence-corrected chi connectivity index (χ0v) is 17.2. The lowest BCUT2D eigenvalue weighted by Gasteiger charge is -2.16. The Bertz CT molecular complexity index is 1330. The van der Waals surface area contributed by atoms with Crippen LogP contribution in [-0.4, -0.2) is 28.1 Å². The molecule has 0 fully saturated rings. The highest BCUT2D eigenvalue weighted by Crippen LogP contribution is 2.32. The SMILES string of the molecule is Cc1c(C(=O)Nc2ccc3c(c2)CCN3C(=O)c2ccoc2)cnn1-c1ccccc1F. The second-order valence-electron chi connectivity index (χ2n) is 7.52. The number of benzene rings is 2. The molecule has 0 spiro atoms. The van der Waals surface area contributed by atoms with Gasteiger partial charge in [-0.3, -0.25) is 9.59 Å². The molecule has 1 N–H and O–H groups in total. The second kappa shape index (κ2) is 7.81. The molecule has 2 aromatic heterocycles. The van der Waals surface area contributed by atoms with Crippen molar-refractivity contribution in [1.29, 1.82) is 0 Å². The van der Waals surface area contributed by atoms with E-state index in [0.29, 0.717) is 35.5 Å². The second-order valence-corrected chi connectivity index (χ2v) is 7.52. The van der Waals surface area contributed by atoms with Gasteiger partial charge in [0, 0.05) is 17.9 Å². The average molecular weight is 430 g/mol. The third-order valence-corrected chi connectivity index (χ3v) is 5.58. The van der Waals surface area contributed by atoms with E-state index in [1.165, 1.54) is 29.5 Å². The van der Waals surface area contributed by atoms with Gasteiger partial charge in [-0.1, -0.05) is 12.1 Å². The molecule has 4 aromatic rings. The molecule has 0 saturated heterocycles. The number of carbonyl (C=O) groups excluding carboxylic acids is 2. The predicted octanol–water partition coefficient (Wildman–Crippen LogP) is 4.37. The lowest BCUT2D eigenvalue weighted by Crippen LogP contribution is -2.28. The van der Waals surface area contributed by atoms with E-state index >= 15 is 0 Å². The van der Waals surface area contributed by atoms with Crippen molar-refractivity contribution in [3.8, 4) is 5.69 Å². The topological polar surface area (TPSA) is 80.4 Å². The summed E-state index contributed by atoms with van der Waals surface area (Å²) in [7, 11) is 0. The third kappa shape index (κ3) is 3.35. The van der Waals surface area contributed by atoms with Crippen molar-refractivity contribution in [2.24, 2.45) is 0 Å². The minimum Gasteiger partial charge on any atom is -0.472 e. The van der Waals surface area contributed by atoms with Gasteiger partial charge < -0.3 is 14.6 Å². The fourth-order valence-corrected chi connectivity index (χ4v) is 3.93. The van der Waals surface area contributed by atoms with Gasteiger partial charge in [0.2, 0.25) is 0 Å². The molecule has 7 nitrogen and oxygen atoms in total. The number of anilines is 2. The standard InChI is InChI=1S/C24H19FN4O3/c1-15-19(13-26-29(15)22-5-3-2-4-20(22)25)23(30)27-18-6-7-21-16(12-18)8-10-28(21)24(31)17-9-11-32-14-17/h2-7,9,11-14H,8,10H2,1H3,(H,27,30). The number of nitrogens with zero attached hydrogens (tertiary/aromatic N) is 3. The van der Waals surface area contributed by atoms with Crippen LogP contribution in [0.25, 0.3) is 5.69 Å². The Morgan fingerprint density at radius 2 is 1.97 bits per heavy atom. The molecule has 32 heavy (non-hydrogen) atoms. The molecule has 0 unspecified atom stereocenters. The van der Waals surface area contributed by atoms with E-state index in [4.69, 9.17) is 4.42 Å². The van der Waals surface area contributed by atoms with E-state index in [2.05, 4.69) is 10.4 Å². The average Bonchev–Trinajstić information content (AvgIpc) is 3.53. The van der Waals surface area contributed by atoms with Crippen LogP contribution in [0.2, 0.25) is 0 Å². The highest BCUT2D eigenvalue weighted by atomic mass is 19.1. The van der Waals surface area contributed by atoms with Crippen LogP contribution in [0.5, 0.6) is 0 Å². The first-order valence-electron chi connectivity index (χ1n) is 10.1. The van der Waals surface area contributed by atoms with Gasteiger partial charge in [-0.25, -0.2) is 9.07 Å². The predicted molar refractivity (Wildman–Crippen MR) is 117 cm³/mol. The molecule has 5 rings (SSSR count). The van der Waals surface area contributed by atoms with E-state index in [0.717, 1.165) is 11.3 Å². The van der Waals surface area contributed by atoms with E-state index in [-0.39, 0.29) is 17.5 Å². The number of para-hydroxylation sites is 1. The number of aromatic nitrogens is 2. The minimum absolute atomic E-state index is 0.120. The molecule has 1 aliphatic heterocycles. The molecule has 1 aliphatic rings. The zero-order valence-electron chi connectivity index (χ0n) is 17.2. The van der Waals surface area contributed by atoms with Crippen LogP contribution < -0.4 is 10.2 Å². The van der Waals surface area contributed by atoms with Crippen LogP contribution in [0.15, 0.2) is 71.7 Å². The molecule has 0 bridgehead atoms. The Balaban J connectivity index is 1.35. The van der Waals surface area contributed by atoms with Crippen molar-refractivity contribution in [2.45, 2.75) is 13.3 Å². The summed E-state index contributed by atoms with van der Waals surface area (Å²) in [5.41, 5.74) is 4.07. The third-order valence-electron chi connectivity index (χ3n) is 5.58. The molecule has 8 heteroatoms. The summed E-state index contributed by atoms with van der Waals surface area (Å²) < 4.78 is 20.5. The molecule has 2 aromatic carbocycles. The number of carbonyl (C=O) groups is 2.